The summed E-state index contributed by atoms with van der Waals surface area (Å²) in [6.07, 6.45) is 2.91. The van der Waals surface area contributed by atoms with Crippen molar-refractivity contribution in [3.63, 3.8) is 0 Å². The van der Waals surface area contributed by atoms with E-state index in [0.29, 0.717) is 5.84 Å². The maximum Gasteiger partial charge on any atom is 0.343 e. The number of carbonyl (C=O) groups excluding carboxylic acids is 1. The van der Waals surface area contributed by atoms with E-state index >= 15 is 0 Å². The van der Waals surface area contributed by atoms with Crippen molar-refractivity contribution in [2.75, 3.05) is 0 Å². The van der Waals surface area contributed by atoms with Crippen molar-refractivity contribution in [3.8, 4) is 0 Å². The summed E-state index contributed by atoms with van der Waals surface area (Å²) in [7, 11) is 0. The van der Waals surface area contributed by atoms with Crippen LogP contribution in [-0.2, 0) is 0 Å². The minimum atomic E-state index is -0.319. The molecular formula is C9H15N3O. The van der Waals surface area contributed by atoms with E-state index in [1.165, 1.54) is 0 Å². The van der Waals surface area contributed by atoms with Gasteiger partial charge in [0.05, 0.1) is 5.54 Å². The van der Waals surface area contributed by atoms with E-state index in [9.17, 15) is 4.79 Å². The second kappa shape index (κ2) is 2.25. The summed E-state index contributed by atoms with van der Waals surface area (Å²) >= 11 is 0. The predicted molar refractivity (Wildman–Crippen MR) is 50.5 cm³/mol. The van der Waals surface area contributed by atoms with Gasteiger partial charge in [0, 0.05) is 0 Å². The molecule has 1 saturated carbocycles. The first-order chi connectivity index (χ1) is 5.94. The molecule has 1 fully saturated rings. The largest absolute Gasteiger partial charge is 0.385 e. The van der Waals surface area contributed by atoms with E-state index in [4.69, 9.17) is 5.73 Å². The number of urea groups is 1. The Balaban J connectivity index is 2.26. The third kappa shape index (κ3) is 1.20. The Morgan fingerprint density at radius 1 is 1.46 bits per heavy atom. The van der Waals surface area contributed by atoms with Gasteiger partial charge in [0.25, 0.3) is 0 Å². The van der Waals surface area contributed by atoms with Gasteiger partial charge in [-0.05, 0) is 24.7 Å². The van der Waals surface area contributed by atoms with Crippen molar-refractivity contribution in [2.24, 2.45) is 16.1 Å². The van der Waals surface area contributed by atoms with Gasteiger partial charge in [-0.1, -0.05) is 13.8 Å². The van der Waals surface area contributed by atoms with Gasteiger partial charge in [-0.3, -0.25) is 0 Å². The Labute approximate surface area is 77.6 Å². The van der Waals surface area contributed by atoms with Crippen LogP contribution in [0, 0.1) is 5.41 Å². The molecular weight excluding hydrogens is 166 g/mol. The average molecular weight is 181 g/mol. The average Bonchev–Trinajstić information content (AvgIpc) is 2.38. The van der Waals surface area contributed by atoms with Crippen molar-refractivity contribution < 1.29 is 4.79 Å². The fourth-order valence-corrected chi connectivity index (χ4v) is 2.38. The Bertz CT molecular complexity index is 295. The van der Waals surface area contributed by atoms with Crippen LogP contribution in [0.15, 0.2) is 4.99 Å². The Morgan fingerprint density at radius 2 is 2.15 bits per heavy atom. The molecule has 1 spiro atoms. The van der Waals surface area contributed by atoms with Crippen LogP contribution in [0.5, 0.6) is 0 Å². The number of rotatable bonds is 0. The van der Waals surface area contributed by atoms with Gasteiger partial charge >= 0.3 is 6.03 Å². The third-order valence-electron chi connectivity index (χ3n) is 3.07. The SMILES string of the molecule is CC1(C)CCC2(C1)NC(=O)N=C2N. The number of hydrogen-bond acceptors (Lipinski definition) is 2. The number of aliphatic imine (C=N–C) groups is 1. The summed E-state index contributed by atoms with van der Waals surface area (Å²) in [5.41, 5.74) is 5.70. The smallest absolute Gasteiger partial charge is 0.343 e. The number of carbonyl (C=O) groups is 1. The molecule has 4 nitrogen and oxygen atoms in total. The first-order valence-electron chi connectivity index (χ1n) is 4.60. The van der Waals surface area contributed by atoms with Gasteiger partial charge in [-0.25, -0.2) is 4.79 Å². The monoisotopic (exact) mass is 181 g/mol. The van der Waals surface area contributed by atoms with Crippen LogP contribution >= 0.6 is 0 Å². The minimum Gasteiger partial charge on any atom is -0.385 e. The normalized spacial score (nSPS) is 36.5. The lowest BCUT2D eigenvalue weighted by Crippen LogP contribution is -2.50. The lowest BCUT2D eigenvalue weighted by atomic mass is 9.87. The summed E-state index contributed by atoms with van der Waals surface area (Å²) in [5, 5.41) is 2.87. The minimum absolute atomic E-state index is 0.262. The zero-order valence-corrected chi connectivity index (χ0v) is 8.05. The third-order valence-corrected chi connectivity index (χ3v) is 3.07. The molecule has 2 aliphatic rings. The van der Waals surface area contributed by atoms with Gasteiger partial charge in [0.2, 0.25) is 0 Å². The fourth-order valence-electron chi connectivity index (χ4n) is 2.38. The zero-order valence-electron chi connectivity index (χ0n) is 8.05. The van der Waals surface area contributed by atoms with Crippen LogP contribution in [0.25, 0.3) is 0 Å². The molecule has 1 aliphatic heterocycles. The maximum absolute atomic E-state index is 11.0. The lowest BCUT2D eigenvalue weighted by Gasteiger charge is -2.25. The number of nitrogens with one attached hydrogen (secondary N) is 1. The van der Waals surface area contributed by atoms with Crippen LogP contribution in [0.2, 0.25) is 0 Å². The number of amidine groups is 1. The van der Waals surface area contributed by atoms with Crippen LogP contribution in [0.4, 0.5) is 4.79 Å². The lowest BCUT2D eigenvalue weighted by molar-refractivity contribution is 0.244. The van der Waals surface area contributed by atoms with Gasteiger partial charge in [-0.2, -0.15) is 4.99 Å². The molecule has 72 valence electrons. The molecule has 1 unspecified atom stereocenters. The van der Waals surface area contributed by atoms with E-state index in [1.54, 1.807) is 0 Å². The number of hydrogen-bond donors (Lipinski definition) is 2. The van der Waals surface area contributed by atoms with Crippen molar-refractivity contribution in [1.29, 1.82) is 0 Å². The molecule has 13 heavy (non-hydrogen) atoms. The molecule has 0 bridgehead atoms. The van der Waals surface area contributed by atoms with Crippen LogP contribution < -0.4 is 11.1 Å². The van der Waals surface area contributed by atoms with Crippen molar-refractivity contribution in [2.45, 2.75) is 38.6 Å². The van der Waals surface area contributed by atoms with Crippen molar-refractivity contribution in [1.82, 2.24) is 5.32 Å². The number of nitrogens with two attached hydrogens (primary N) is 1. The van der Waals surface area contributed by atoms with E-state index in [2.05, 4.69) is 24.2 Å². The first-order valence-corrected chi connectivity index (χ1v) is 4.60. The standard InChI is InChI=1S/C9H15N3O/c1-8(2)3-4-9(5-8)6(10)11-7(13)12-9/h3-5H2,1-2H3,(H3,10,11,12,13). The Kier molecular flexibility index (Phi) is 1.47. The molecule has 4 heteroatoms. The van der Waals surface area contributed by atoms with Crippen LogP contribution in [-0.4, -0.2) is 17.4 Å². The fraction of sp³-hybridized carbons (Fsp3) is 0.778. The zero-order chi connectivity index (χ0) is 9.69. The van der Waals surface area contributed by atoms with E-state index in [-0.39, 0.29) is 17.0 Å². The number of nitrogens with zero attached hydrogens (tertiary/aromatic N) is 1. The maximum atomic E-state index is 11.0. The van der Waals surface area contributed by atoms with E-state index in [1.807, 2.05) is 0 Å². The molecule has 0 radical (unpaired) electrons. The molecule has 2 rings (SSSR count). The molecule has 0 saturated heterocycles. The predicted octanol–water partition coefficient (Wildman–Crippen LogP) is 1.02. The highest BCUT2D eigenvalue weighted by Crippen LogP contribution is 2.44. The van der Waals surface area contributed by atoms with Gasteiger partial charge in [-0.15, -0.1) is 0 Å². The van der Waals surface area contributed by atoms with E-state index < -0.39 is 0 Å². The molecule has 0 aromatic heterocycles. The summed E-state index contributed by atoms with van der Waals surface area (Å²) in [5.74, 6) is 0.475. The molecule has 1 heterocycles. The van der Waals surface area contributed by atoms with Crippen molar-refractivity contribution >= 4 is 11.9 Å². The second-order valence-electron chi connectivity index (χ2n) is 4.85. The first kappa shape index (κ1) is 8.53. The van der Waals surface area contributed by atoms with E-state index in [0.717, 1.165) is 19.3 Å². The van der Waals surface area contributed by atoms with Crippen molar-refractivity contribution in [3.05, 3.63) is 0 Å². The molecule has 3 N–H and O–H groups in total. The Hall–Kier alpha value is -1.06. The molecule has 1 atom stereocenters. The van der Waals surface area contributed by atoms with Gasteiger partial charge in [0.1, 0.15) is 5.84 Å². The molecule has 0 aromatic rings. The highest BCUT2D eigenvalue weighted by atomic mass is 16.2. The molecule has 1 aliphatic carbocycles. The summed E-state index contributed by atoms with van der Waals surface area (Å²) in [6, 6.07) is -0.282. The Morgan fingerprint density at radius 3 is 2.54 bits per heavy atom. The quantitative estimate of drug-likeness (QED) is 0.585. The van der Waals surface area contributed by atoms with Gasteiger partial charge in [0.15, 0.2) is 0 Å². The highest BCUT2D eigenvalue weighted by molar-refractivity contribution is 6.06. The second-order valence-corrected chi connectivity index (χ2v) is 4.85. The van der Waals surface area contributed by atoms with Crippen LogP contribution in [0.3, 0.4) is 0 Å². The molecule has 0 aromatic carbocycles. The summed E-state index contributed by atoms with van der Waals surface area (Å²) < 4.78 is 0. The summed E-state index contributed by atoms with van der Waals surface area (Å²) in [4.78, 5) is 14.8. The highest BCUT2D eigenvalue weighted by Gasteiger charge is 2.49. The topological polar surface area (TPSA) is 67.5 Å². The molecule has 2 amide bonds. The number of amides is 2. The van der Waals surface area contributed by atoms with Gasteiger partial charge < -0.3 is 11.1 Å². The van der Waals surface area contributed by atoms with Crippen LogP contribution in [0.1, 0.15) is 33.1 Å². The summed E-state index contributed by atoms with van der Waals surface area (Å²) in [6.45, 7) is 4.39.